The lowest BCUT2D eigenvalue weighted by molar-refractivity contribution is -0.122. The zero-order valence-electron chi connectivity index (χ0n) is 13.1. The maximum Gasteiger partial charge on any atom is 0.241 e. The number of carbonyl (C=O) groups is 1. The Morgan fingerprint density at radius 1 is 1.52 bits per heavy atom. The van der Waals surface area contributed by atoms with Gasteiger partial charge in [0.15, 0.2) is 0 Å². The third kappa shape index (κ3) is 4.82. The van der Waals surface area contributed by atoms with Crippen molar-refractivity contribution in [1.29, 1.82) is 0 Å². The van der Waals surface area contributed by atoms with Gasteiger partial charge in [-0.05, 0) is 44.8 Å². The first kappa shape index (κ1) is 16.0. The van der Waals surface area contributed by atoms with E-state index in [1.807, 2.05) is 7.05 Å². The van der Waals surface area contributed by atoms with Crippen molar-refractivity contribution < 1.29 is 4.79 Å². The van der Waals surface area contributed by atoms with E-state index in [0.29, 0.717) is 6.54 Å². The Bertz CT molecular complexity index is 451. The molecule has 2 heterocycles. The molecule has 21 heavy (non-hydrogen) atoms. The minimum Gasteiger partial charge on any atom is -0.354 e. The molecule has 118 valence electrons. The first-order valence-corrected chi connectivity index (χ1v) is 7.80. The number of carbonyl (C=O) groups excluding carboxylic acids is 1. The molecule has 1 aromatic heterocycles. The first-order chi connectivity index (χ1) is 10.1. The van der Waals surface area contributed by atoms with Gasteiger partial charge in [-0.2, -0.15) is 5.10 Å². The molecule has 0 aromatic carbocycles. The number of hydrogen-bond acceptors (Lipinski definition) is 4. The molecule has 3 N–H and O–H groups in total. The van der Waals surface area contributed by atoms with Gasteiger partial charge in [-0.3, -0.25) is 9.48 Å². The number of nitrogens with two attached hydrogens (primary N) is 1. The number of nitrogens with zero attached hydrogens (tertiary/aromatic N) is 3. The summed E-state index contributed by atoms with van der Waals surface area (Å²) in [6.45, 7) is 6.42. The van der Waals surface area contributed by atoms with Crippen LogP contribution in [0, 0.1) is 5.92 Å². The van der Waals surface area contributed by atoms with Crippen LogP contribution in [-0.2, 0) is 11.8 Å². The number of aryl methyl sites for hydroxylation is 1. The second kappa shape index (κ2) is 7.56. The molecule has 6 nitrogen and oxygen atoms in total. The first-order valence-electron chi connectivity index (χ1n) is 7.80. The number of nitrogens with one attached hydrogen (secondary N) is 1. The molecular weight excluding hydrogens is 266 g/mol. The van der Waals surface area contributed by atoms with Crippen LogP contribution in [0.5, 0.6) is 0 Å². The van der Waals surface area contributed by atoms with Crippen LogP contribution in [0.15, 0.2) is 12.4 Å². The lowest BCUT2D eigenvalue weighted by atomic mass is 9.99. The predicted molar refractivity (Wildman–Crippen MR) is 82.6 cm³/mol. The maximum absolute atomic E-state index is 12.0. The van der Waals surface area contributed by atoms with Crippen molar-refractivity contribution >= 4 is 5.91 Å². The van der Waals surface area contributed by atoms with Crippen LogP contribution in [0.2, 0.25) is 0 Å². The molecule has 1 fully saturated rings. The van der Waals surface area contributed by atoms with Crippen LogP contribution in [0.4, 0.5) is 0 Å². The van der Waals surface area contributed by atoms with Crippen LogP contribution in [0.25, 0.3) is 0 Å². The molecule has 0 saturated carbocycles. The predicted octanol–water partition coefficient (Wildman–Crippen LogP) is 0.658. The molecule has 1 aliphatic heterocycles. The second-order valence-electron chi connectivity index (χ2n) is 6.09. The lowest BCUT2D eigenvalue weighted by Crippen LogP contribution is -2.37. The summed E-state index contributed by atoms with van der Waals surface area (Å²) >= 11 is 0. The summed E-state index contributed by atoms with van der Waals surface area (Å²) in [5, 5.41) is 6.94. The highest BCUT2D eigenvalue weighted by Crippen LogP contribution is 2.15. The molecule has 1 aliphatic rings. The van der Waals surface area contributed by atoms with Gasteiger partial charge in [0.2, 0.25) is 5.91 Å². The topological polar surface area (TPSA) is 76.2 Å². The molecule has 0 aliphatic carbocycles. The SMILES string of the molecule is CC1CCN(CCCNC(=O)C(N)c2cnn(C)c2)CC1. The van der Waals surface area contributed by atoms with E-state index in [4.69, 9.17) is 5.73 Å². The smallest absolute Gasteiger partial charge is 0.241 e. The summed E-state index contributed by atoms with van der Waals surface area (Å²) in [4.78, 5) is 14.4. The zero-order chi connectivity index (χ0) is 15.2. The molecule has 1 unspecified atom stereocenters. The van der Waals surface area contributed by atoms with Crippen molar-refractivity contribution in [3.05, 3.63) is 18.0 Å². The van der Waals surface area contributed by atoms with Crippen LogP contribution < -0.4 is 11.1 Å². The average molecular weight is 293 g/mol. The van der Waals surface area contributed by atoms with E-state index >= 15 is 0 Å². The fraction of sp³-hybridized carbons (Fsp3) is 0.733. The monoisotopic (exact) mass is 293 g/mol. The molecule has 0 bridgehead atoms. The van der Waals surface area contributed by atoms with Gasteiger partial charge in [0.1, 0.15) is 6.04 Å². The van der Waals surface area contributed by atoms with E-state index in [-0.39, 0.29) is 5.91 Å². The van der Waals surface area contributed by atoms with Gasteiger partial charge in [0, 0.05) is 25.4 Å². The average Bonchev–Trinajstić information content (AvgIpc) is 2.91. The Labute approximate surface area is 126 Å². The Balaban J connectivity index is 1.63. The quantitative estimate of drug-likeness (QED) is 0.755. The van der Waals surface area contributed by atoms with Gasteiger partial charge in [0.05, 0.1) is 6.20 Å². The highest BCUT2D eigenvalue weighted by atomic mass is 16.2. The Morgan fingerprint density at radius 3 is 2.86 bits per heavy atom. The minimum atomic E-state index is -0.630. The summed E-state index contributed by atoms with van der Waals surface area (Å²) in [6.07, 6.45) is 6.97. The fourth-order valence-corrected chi connectivity index (χ4v) is 2.66. The minimum absolute atomic E-state index is 0.129. The van der Waals surface area contributed by atoms with E-state index in [0.717, 1.165) is 24.4 Å². The van der Waals surface area contributed by atoms with Crippen molar-refractivity contribution in [2.75, 3.05) is 26.2 Å². The van der Waals surface area contributed by atoms with Crippen LogP contribution in [-0.4, -0.2) is 46.8 Å². The van der Waals surface area contributed by atoms with E-state index in [1.165, 1.54) is 25.9 Å². The van der Waals surface area contributed by atoms with Crippen molar-refractivity contribution in [2.45, 2.75) is 32.2 Å². The van der Waals surface area contributed by atoms with E-state index in [2.05, 4.69) is 22.2 Å². The molecule has 0 spiro atoms. The number of aromatic nitrogens is 2. The lowest BCUT2D eigenvalue weighted by Gasteiger charge is -2.30. The van der Waals surface area contributed by atoms with Crippen molar-refractivity contribution in [2.24, 2.45) is 18.7 Å². The third-order valence-electron chi connectivity index (χ3n) is 4.19. The van der Waals surface area contributed by atoms with Gasteiger partial charge in [0.25, 0.3) is 0 Å². The summed E-state index contributed by atoms with van der Waals surface area (Å²) in [6, 6.07) is -0.630. The standard InChI is InChI=1S/C15H27N5O/c1-12-4-8-20(9-5-12)7-3-6-17-15(21)14(16)13-10-18-19(2)11-13/h10-12,14H,3-9,16H2,1-2H3,(H,17,21). The number of hydrogen-bond donors (Lipinski definition) is 2. The normalized spacial score (nSPS) is 18.6. The van der Waals surface area contributed by atoms with Crippen LogP contribution in [0.3, 0.4) is 0 Å². The molecule has 1 saturated heterocycles. The van der Waals surface area contributed by atoms with Crippen LogP contribution in [0.1, 0.15) is 37.8 Å². The maximum atomic E-state index is 12.0. The van der Waals surface area contributed by atoms with Crippen LogP contribution >= 0.6 is 0 Å². The van der Waals surface area contributed by atoms with Gasteiger partial charge >= 0.3 is 0 Å². The molecule has 0 radical (unpaired) electrons. The summed E-state index contributed by atoms with van der Waals surface area (Å²) in [7, 11) is 1.81. The molecular formula is C15H27N5O. The number of rotatable bonds is 6. The molecule has 2 rings (SSSR count). The summed E-state index contributed by atoms with van der Waals surface area (Å²) in [5.41, 5.74) is 6.67. The number of amides is 1. The molecule has 1 atom stereocenters. The van der Waals surface area contributed by atoms with Gasteiger partial charge in [-0.25, -0.2) is 0 Å². The second-order valence-corrected chi connectivity index (χ2v) is 6.09. The number of piperidine rings is 1. The van der Waals surface area contributed by atoms with Crippen molar-refractivity contribution in [1.82, 2.24) is 20.0 Å². The van der Waals surface area contributed by atoms with E-state index < -0.39 is 6.04 Å². The third-order valence-corrected chi connectivity index (χ3v) is 4.19. The Morgan fingerprint density at radius 2 is 2.24 bits per heavy atom. The summed E-state index contributed by atoms with van der Waals surface area (Å²) < 4.78 is 1.65. The van der Waals surface area contributed by atoms with Crippen molar-refractivity contribution in [3.8, 4) is 0 Å². The number of likely N-dealkylation sites (tertiary alicyclic amines) is 1. The van der Waals surface area contributed by atoms with Gasteiger partial charge in [-0.15, -0.1) is 0 Å². The molecule has 1 aromatic rings. The molecule has 6 heteroatoms. The largest absolute Gasteiger partial charge is 0.354 e. The van der Waals surface area contributed by atoms with Crippen molar-refractivity contribution in [3.63, 3.8) is 0 Å². The van der Waals surface area contributed by atoms with E-state index in [9.17, 15) is 4.79 Å². The van der Waals surface area contributed by atoms with E-state index in [1.54, 1.807) is 17.1 Å². The zero-order valence-corrected chi connectivity index (χ0v) is 13.1. The van der Waals surface area contributed by atoms with Gasteiger partial charge < -0.3 is 16.0 Å². The Hall–Kier alpha value is -1.40. The van der Waals surface area contributed by atoms with Gasteiger partial charge in [-0.1, -0.05) is 6.92 Å². The highest BCUT2D eigenvalue weighted by molar-refractivity contribution is 5.82. The fourth-order valence-electron chi connectivity index (χ4n) is 2.66. The highest BCUT2D eigenvalue weighted by Gasteiger charge is 2.17. The Kier molecular flexibility index (Phi) is 5.76. The summed E-state index contributed by atoms with van der Waals surface area (Å²) in [5.74, 6) is 0.730. The molecule has 1 amide bonds.